The SMILES string of the molecule is CCCCCn1nnc(CO)c1-c1ccc2c(c1)OCO2. The minimum Gasteiger partial charge on any atom is -0.454 e. The van der Waals surface area contributed by atoms with Gasteiger partial charge < -0.3 is 14.6 Å². The van der Waals surface area contributed by atoms with Crippen LogP contribution < -0.4 is 9.47 Å². The Labute approximate surface area is 123 Å². The fourth-order valence-corrected chi connectivity index (χ4v) is 2.48. The van der Waals surface area contributed by atoms with Crippen molar-refractivity contribution in [3.05, 3.63) is 23.9 Å². The van der Waals surface area contributed by atoms with Crippen LogP contribution in [-0.2, 0) is 13.2 Å². The molecule has 0 fully saturated rings. The van der Waals surface area contributed by atoms with Crippen molar-refractivity contribution in [2.24, 2.45) is 0 Å². The van der Waals surface area contributed by atoms with Crippen LogP contribution in [0.4, 0.5) is 0 Å². The van der Waals surface area contributed by atoms with Gasteiger partial charge in [-0.1, -0.05) is 25.0 Å². The quantitative estimate of drug-likeness (QED) is 0.827. The molecule has 112 valence electrons. The zero-order valence-electron chi connectivity index (χ0n) is 12.1. The lowest BCUT2D eigenvalue weighted by Gasteiger charge is -2.08. The number of ether oxygens (including phenoxy) is 2. The van der Waals surface area contributed by atoms with Crippen molar-refractivity contribution in [2.75, 3.05) is 6.79 Å². The molecule has 0 amide bonds. The molecule has 6 heteroatoms. The summed E-state index contributed by atoms with van der Waals surface area (Å²) in [7, 11) is 0. The van der Waals surface area contributed by atoms with Crippen LogP contribution >= 0.6 is 0 Å². The zero-order chi connectivity index (χ0) is 14.7. The van der Waals surface area contributed by atoms with Crippen LogP contribution in [0.1, 0.15) is 31.9 Å². The van der Waals surface area contributed by atoms with Gasteiger partial charge in [-0.25, -0.2) is 4.68 Å². The molecule has 0 atom stereocenters. The minimum atomic E-state index is -0.127. The molecule has 0 unspecified atom stereocenters. The Balaban J connectivity index is 1.94. The maximum atomic E-state index is 9.49. The molecule has 1 aliphatic heterocycles. The molecular formula is C15H19N3O3. The Morgan fingerprint density at radius 1 is 1.24 bits per heavy atom. The van der Waals surface area contributed by atoms with Crippen LogP contribution in [0.15, 0.2) is 18.2 Å². The van der Waals surface area contributed by atoms with E-state index >= 15 is 0 Å². The van der Waals surface area contributed by atoms with E-state index in [2.05, 4.69) is 17.2 Å². The van der Waals surface area contributed by atoms with E-state index in [-0.39, 0.29) is 13.4 Å². The van der Waals surface area contributed by atoms with Gasteiger partial charge in [-0.2, -0.15) is 0 Å². The molecule has 0 bridgehead atoms. The first kappa shape index (κ1) is 13.9. The lowest BCUT2D eigenvalue weighted by molar-refractivity contribution is 0.174. The average Bonchev–Trinajstić information content (AvgIpc) is 3.12. The Morgan fingerprint density at radius 3 is 2.90 bits per heavy atom. The van der Waals surface area contributed by atoms with Gasteiger partial charge in [-0.3, -0.25) is 0 Å². The smallest absolute Gasteiger partial charge is 0.231 e. The molecule has 0 saturated carbocycles. The number of unbranched alkanes of at least 4 members (excludes halogenated alkanes) is 2. The summed E-state index contributed by atoms with van der Waals surface area (Å²) in [5.74, 6) is 1.46. The third-order valence-electron chi connectivity index (χ3n) is 3.57. The summed E-state index contributed by atoms with van der Waals surface area (Å²) in [6, 6.07) is 5.74. The van der Waals surface area contributed by atoms with E-state index in [4.69, 9.17) is 9.47 Å². The Morgan fingerprint density at radius 2 is 2.10 bits per heavy atom. The molecule has 6 nitrogen and oxygen atoms in total. The summed E-state index contributed by atoms with van der Waals surface area (Å²) in [5.41, 5.74) is 2.38. The van der Waals surface area contributed by atoms with E-state index in [0.29, 0.717) is 5.69 Å². The van der Waals surface area contributed by atoms with Gasteiger partial charge in [0.2, 0.25) is 6.79 Å². The van der Waals surface area contributed by atoms with Crippen LogP contribution in [0.2, 0.25) is 0 Å². The molecule has 1 aromatic heterocycles. The van der Waals surface area contributed by atoms with Gasteiger partial charge in [0.1, 0.15) is 5.69 Å². The van der Waals surface area contributed by atoms with Crippen molar-refractivity contribution in [3.63, 3.8) is 0 Å². The zero-order valence-corrected chi connectivity index (χ0v) is 12.1. The number of aromatic nitrogens is 3. The molecule has 0 saturated heterocycles. The Bertz CT molecular complexity index is 625. The van der Waals surface area contributed by atoms with Gasteiger partial charge in [0.15, 0.2) is 11.5 Å². The maximum Gasteiger partial charge on any atom is 0.231 e. The number of hydrogen-bond donors (Lipinski definition) is 1. The monoisotopic (exact) mass is 289 g/mol. The van der Waals surface area contributed by atoms with Crippen LogP contribution in [0.3, 0.4) is 0 Å². The number of nitrogens with zero attached hydrogens (tertiary/aromatic N) is 3. The topological polar surface area (TPSA) is 69.4 Å². The summed E-state index contributed by atoms with van der Waals surface area (Å²) in [4.78, 5) is 0. The van der Waals surface area contributed by atoms with Gasteiger partial charge in [-0.15, -0.1) is 5.10 Å². The second-order valence-electron chi connectivity index (χ2n) is 5.04. The van der Waals surface area contributed by atoms with Gasteiger partial charge in [0.25, 0.3) is 0 Å². The summed E-state index contributed by atoms with van der Waals surface area (Å²) >= 11 is 0. The van der Waals surface area contributed by atoms with Crippen LogP contribution in [0.25, 0.3) is 11.3 Å². The standard InChI is InChI=1S/C15H19N3O3/c1-2-3-4-7-18-15(12(9-19)16-17-18)11-5-6-13-14(8-11)21-10-20-13/h5-6,8,19H,2-4,7,9-10H2,1H3. The summed E-state index contributed by atoms with van der Waals surface area (Å²) in [6.45, 7) is 3.08. The summed E-state index contributed by atoms with van der Waals surface area (Å²) < 4.78 is 12.6. The van der Waals surface area contributed by atoms with Crippen molar-refractivity contribution >= 4 is 0 Å². The molecule has 21 heavy (non-hydrogen) atoms. The number of rotatable bonds is 6. The summed E-state index contributed by atoms with van der Waals surface area (Å²) in [5, 5.41) is 17.7. The molecule has 3 rings (SSSR count). The van der Waals surface area contributed by atoms with Crippen molar-refractivity contribution in [1.29, 1.82) is 0 Å². The minimum absolute atomic E-state index is 0.127. The van der Waals surface area contributed by atoms with E-state index in [1.54, 1.807) is 0 Å². The third kappa shape index (κ3) is 2.71. The molecule has 0 spiro atoms. The maximum absolute atomic E-state index is 9.49. The fraction of sp³-hybridized carbons (Fsp3) is 0.467. The lowest BCUT2D eigenvalue weighted by Crippen LogP contribution is -2.03. The van der Waals surface area contributed by atoms with Gasteiger partial charge in [0.05, 0.1) is 12.3 Å². The second kappa shape index (κ2) is 6.13. The Kier molecular flexibility index (Phi) is 4.06. The van der Waals surface area contributed by atoms with E-state index in [1.165, 1.54) is 0 Å². The van der Waals surface area contributed by atoms with E-state index in [0.717, 1.165) is 48.6 Å². The van der Waals surface area contributed by atoms with Crippen molar-refractivity contribution in [2.45, 2.75) is 39.3 Å². The van der Waals surface area contributed by atoms with Crippen LogP contribution in [0.5, 0.6) is 11.5 Å². The van der Waals surface area contributed by atoms with Gasteiger partial charge in [-0.05, 0) is 24.6 Å². The molecular weight excluding hydrogens is 270 g/mol. The molecule has 1 aliphatic rings. The predicted molar refractivity (Wildman–Crippen MR) is 77.0 cm³/mol. The number of aryl methyl sites for hydroxylation is 1. The highest BCUT2D eigenvalue weighted by Crippen LogP contribution is 2.36. The van der Waals surface area contributed by atoms with E-state index in [9.17, 15) is 5.11 Å². The number of aliphatic hydroxyl groups is 1. The van der Waals surface area contributed by atoms with Crippen LogP contribution in [-0.4, -0.2) is 26.9 Å². The number of aliphatic hydroxyl groups excluding tert-OH is 1. The number of benzene rings is 1. The van der Waals surface area contributed by atoms with Crippen molar-refractivity contribution in [3.8, 4) is 22.8 Å². The molecule has 0 aliphatic carbocycles. The van der Waals surface area contributed by atoms with Gasteiger partial charge >= 0.3 is 0 Å². The third-order valence-corrected chi connectivity index (χ3v) is 3.57. The molecule has 1 aromatic carbocycles. The highest BCUT2D eigenvalue weighted by molar-refractivity contribution is 5.66. The number of hydrogen-bond acceptors (Lipinski definition) is 5. The van der Waals surface area contributed by atoms with Crippen molar-refractivity contribution < 1.29 is 14.6 Å². The molecule has 1 N–H and O–H groups in total. The highest BCUT2D eigenvalue weighted by atomic mass is 16.7. The highest BCUT2D eigenvalue weighted by Gasteiger charge is 2.19. The van der Waals surface area contributed by atoms with E-state index in [1.807, 2.05) is 22.9 Å². The van der Waals surface area contributed by atoms with Gasteiger partial charge in [0, 0.05) is 12.1 Å². The number of fused-ring (bicyclic) bond motifs is 1. The first-order valence-corrected chi connectivity index (χ1v) is 7.26. The average molecular weight is 289 g/mol. The van der Waals surface area contributed by atoms with E-state index < -0.39 is 0 Å². The van der Waals surface area contributed by atoms with Crippen molar-refractivity contribution in [1.82, 2.24) is 15.0 Å². The first-order chi connectivity index (χ1) is 10.3. The first-order valence-electron chi connectivity index (χ1n) is 7.26. The second-order valence-corrected chi connectivity index (χ2v) is 5.04. The molecule has 2 aromatic rings. The normalized spacial score (nSPS) is 12.9. The molecule has 0 radical (unpaired) electrons. The summed E-state index contributed by atoms with van der Waals surface area (Å²) in [6.07, 6.45) is 3.35. The predicted octanol–water partition coefficient (Wildman–Crippen LogP) is 2.36. The fourth-order valence-electron chi connectivity index (χ4n) is 2.48. The Hall–Kier alpha value is -2.08. The molecule has 2 heterocycles. The largest absolute Gasteiger partial charge is 0.454 e. The van der Waals surface area contributed by atoms with Crippen LogP contribution in [0, 0.1) is 0 Å². The lowest BCUT2D eigenvalue weighted by atomic mass is 10.1.